The van der Waals surface area contributed by atoms with Crippen LogP contribution >= 0.6 is 11.3 Å². The smallest absolute Gasteiger partial charge is 0.223 e. The Morgan fingerprint density at radius 3 is 2.92 bits per heavy atom. The first-order valence-electron chi connectivity index (χ1n) is 8.35. The van der Waals surface area contributed by atoms with Gasteiger partial charge < -0.3 is 14.7 Å². The van der Waals surface area contributed by atoms with Crippen molar-refractivity contribution >= 4 is 17.2 Å². The molecule has 1 aromatic carbocycles. The van der Waals surface area contributed by atoms with Crippen LogP contribution in [0.1, 0.15) is 30.1 Å². The summed E-state index contributed by atoms with van der Waals surface area (Å²) in [6.45, 7) is 1.67. The Kier molecular flexibility index (Phi) is 6.01. The molecule has 3 rings (SSSR count). The molecule has 1 aliphatic heterocycles. The van der Waals surface area contributed by atoms with Crippen molar-refractivity contribution in [3.63, 3.8) is 0 Å². The van der Waals surface area contributed by atoms with Crippen LogP contribution in [0.15, 0.2) is 47.2 Å². The number of benzene rings is 1. The van der Waals surface area contributed by atoms with Gasteiger partial charge in [-0.15, -0.1) is 0 Å². The van der Waals surface area contributed by atoms with Crippen LogP contribution in [0.3, 0.4) is 0 Å². The maximum Gasteiger partial charge on any atom is 0.223 e. The Bertz CT molecular complexity index is 629. The number of hydrogen-bond donors (Lipinski definition) is 1. The van der Waals surface area contributed by atoms with Crippen LogP contribution in [-0.4, -0.2) is 41.7 Å². The van der Waals surface area contributed by atoms with E-state index in [1.54, 1.807) is 11.3 Å². The normalized spacial score (nSPS) is 19.2. The van der Waals surface area contributed by atoms with Crippen molar-refractivity contribution in [3.8, 4) is 0 Å². The Hall–Kier alpha value is -1.69. The zero-order chi connectivity index (χ0) is 16.8. The van der Waals surface area contributed by atoms with Gasteiger partial charge >= 0.3 is 0 Å². The number of ether oxygens (including phenoxy) is 1. The van der Waals surface area contributed by atoms with Crippen molar-refractivity contribution < 1.29 is 14.6 Å². The molecule has 1 aromatic heterocycles. The number of hydrogen-bond acceptors (Lipinski definition) is 4. The lowest BCUT2D eigenvalue weighted by atomic mass is 10.00. The molecule has 0 aliphatic carbocycles. The summed E-state index contributed by atoms with van der Waals surface area (Å²) in [5.74, 6) is 0.148. The predicted molar refractivity (Wildman–Crippen MR) is 95.0 cm³/mol. The maximum atomic E-state index is 12.6. The summed E-state index contributed by atoms with van der Waals surface area (Å²) in [6.07, 6.45) is 1.21. The highest BCUT2D eigenvalue weighted by molar-refractivity contribution is 7.07. The highest BCUT2D eigenvalue weighted by Crippen LogP contribution is 2.23. The molecule has 24 heavy (non-hydrogen) atoms. The number of amides is 1. The van der Waals surface area contributed by atoms with Gasteiger partial charge in [0.15, 0.2) is 0 Å². The zero-order valence-electron chi connectivity index (χ0n) is 13.6. The van der Waals surface area contributed by atoms with E-state index < -0.39 is 6.10 Å². The van der Waals surface area contributed by atoms with Gasteiger partial charge in [0.1, 0.15) is 0 Å². The summed E-state index contributed by atoms with van der Waals surface area (Å²) in [5.41, 5.74) is 2.09. The first-order chi connectivity index (χ1) is 11.7. The van der Waals surface area contributed by atoms with Crippen LogP contribution in [0.4, 0.5) is 0 Å². The number of nitrogens with zero attached hydrogens (tertiary/aromatic N) is 1. The van der Waals surface area contributed by atoms with Crippen molar-refractivity contribution in [1.29, 1.82) is 0 Å². The minimum absolute atomic E-state index is 0.0658. The van der Waals surface area contributed by atoms with Gasteiger partial charge in [-0.3, -0.25) is 4.79 Å². The number of aryl methyl sites for hydroxylation is 1. The van der Waals surface area contributed by atoms with E-state index in [1.165, 1.54) is 5.56 Å². The highest BCUT2D eigenvalue weighted by Gasteiger charge is 2.29. The second-order valence-electron chi connectivity index (χ2n) is 6.11. The molecule has 1 N–H and O–H groups in total. The number of rotatable bonds is 6. The van der Waals surface area contributed by atoms with Crippen molar-refractivity contribution in [3.05, 3.63) is 58.3 Å². The molecule has 0 radical (unpaired) electrons. The second-order valence-corrected chi connectivity index (χ2v) is 6.89. The third kappa shape index (κ3) is 4.44. The molecule has 2 aromatic rings. The number of carbonyl (C=O) groups is 1. The summed E-state index contributed by atoms with van der Waals surface area (Å²) < 4.78 is 5.55. The lowest BCUT2D eigenvalue weighted by molar-refractivity contribution is -0.141. The van der Waals surface area contributed by atoms with E-state index in [9.17, 15) is 9.90 Å². The van der Waals surface area contributed by atoms with E-state index in [4.69, 9.17) is 4.74 Å². The summed E-state index contributed by atoms with van der Waals surface area (Å²) in [6, 6.07) is 11.6. The van der Waals surface area contributed by atoms with Gasteiger partial charge in [0.05, 0.1) is 25.4 Å². The Balaban J connectivity index is 1.59. The SMILES string of the molecule is O=C(CCc1ccsc1)N1CCOC[C@H]1C[C@H](O)c1ccccc1. The molecule has 0 bridgehead atoms. The largest absolute Gasteiger partial charge is 0.388 e. The van der Waals surface area contributed by atoms with Crippen molar-refractivity contribution in [2.45, 2.75) is 31.4 Å². The molecule has 0 spiro atoms. The fourth-order valence-corrected chi connectivity index (χ4v) is 3.78. The Morgan fingerprint density at radius 1 is 1.33 bits per heavy atom. The molecule has 1 aliphatic rings. The third-order valence-corrected chi connectivity index (χ3v) is 5.17. The van der Waals surface area contributed by atoms with Gasteiger partial charge in [-0.05, 0) is 34.4 Å². The maximum absolute atomic E-state index is 12.6. The van der Waals surface area contributed by atoms with E-state index in [2.05, 4.69) is 11.4 Å². The van der Waals surface area contributed by atoms with Crippen LogP contribution in [0.25, 0.3) is 0 Å². The van der Waals surface area contributed by atoms with Gasteiger partial charge in [0.25, 0.3) is 0 Å². The lowest BCUT2D eigenvalue weighted by Gasteiger charge is -2.37. The van der Waals surface area contributed by atoms with Gasteiger partial charge in [-0.1, -0.05) is 30.3 Å². The number of morpholine rings is 1. The fraction of sp³-hybridized carbons (Fsp3) is 0.421. The molecule has 4 nitrogen and oxygen atoms in total. The molecule has 0 unspecified atom stereocenters. The summed E-state index contributed by atoms with van der Waals surface area (Å²) in [4.78, 5) is 14.5. The van der Waals surface area contributed by atoms with Crippen LogP contribution < -0.4 is 0 Å². The number of aliphatic hydroxyl groups is 1. The van der Waals surface area contributed by atoms with E-state index in [0.29, 0.717) is 32.6 Å². The summed E-state index contributed by atoms with van der Waals surface area (Å²) in [7, 11) is 0. The molecule has 1 fully saturated rings. The van der Waals surface area contributed by atoms with Crippen LogP contribution in [0, 0.1) is 0 Å². The molecule has 1 amide bonds. The minimum atomic E-state index is -0.579. The van der Waals surface area contributed by atoms with Crippen molar-refractivity contribution in [2.24, 2.45) is 0 Å². The molecule has 1 saturated heterocycles. The van der Waals surface area contributed by atoms with Gasteiger partial charge in [0.2, 0.25) is 5.91 Å². The quantitative estimate of drug-likeness (QED) is 0.875. The first-order valence-corrected chi connectivity index (χ1v) is 9.29. The van der Waals surface area contributed by atoms with Crippen LogP contribution in [-0.2, 0) is 16.0 Å². The fourth-order valence-electron chi connectivity index (χ4n) is 3.08. The van der Waals surface area contributed by atoms with Crippen LogP contribution in [0.5, 0.6) is 0 Å². The van der Waals surface area contributed by atoms with E-state index in [0.717, 1.165) is 12.0 Å². The standard InChI is InChI=1S/C19H23NO3S/c21-18(16-4-2-1-3-5-16)12-17-13-23-10-9-20(17)19(22)7-6-15-8-11-24-14-15/h1-5,8,11,14,17-18,21H,6-7,9-10,12-13H2/t17-,18+/m1/s1. The second kappa shape index (κ2) is 8.42. The van der Waals surface area contributed by atoms with Crippen molar-refractivity contribution in [2.75, 3.05) is 19.8 Å². The molecule has 2 heterocycles. The summed E-state index contributed by atoms with van der Waals surface area (Å²) >= 11 is 1.66. The Morgan fingerprint density at radius 2 is 2.17 bits per heavy atom. The zero-order valence-corrected chi connectivity index (χ0v) is 14.5. The first kappa shape index (κ1) is 17.1. The topological polar surface area (TPSA) is 49.8 Å². The molecular weight excluding hydrogens is 322 g/mol. The lowest BCUT2D eigenvalue weighted by Crippen LogP contribution is -2.49. The van der Waals surface area contributed by atoms with Crippen LogP contribution in [0.2, 0.25) is 0 Å². The average Bonchev–Trinajstić information content (AvgIpc) is 3.14. The minimum Gasteiger partial charge on any atom is -0.388 e. The molecule has 5 heteroatoms. The monoisotopic (exact) mass is 345 g/mol. The van der Waals surface area contributed by atoms with E-state index >= 15 is 0 Å². The molecule has 0 saturated carbocycles. The highest BCUT2D eigenvalue weighted by atomic mass is 32.1. The molecule has 2 atom stereocenters. The van der Waals surface area contributed by atoms with E-state index in [-0.39, 0.29) is 11.9 Å². The third-order valence-electron chi connectivity index (χ3n) is 4.44. The number of aliphatic hydroxyl groups excluding tert-OH is 1. The number of carbonyl (C=O) groups excluding carboxylic acids is 1. The average molecular weight is 345 g/mol. The van der Waals surface area contributed by atoms with Gasteiger partial charge in [-0.25, -0.2) is 0 Å². The predicted octanol–water partition coefficient (Wildman–Crippen LogP) is 3.03. The van der Waals surface area contributed by atoms with E-state index in [1.807, 2.05) is 40.6 Å². The van der Waals surface area contributed by atoms with Crippen molar-refractivity contribution in [1.82, 2.24) is 4.90 Å². The molecule has 128 valence electrons. The van der Waals surface area contributed by atoms with Gasteiger partial charge in [-0.2, -0.15) is 11.3 Å². The number of thiophene rings is 1. The molecular formula is C19H23NO3S. The van der Waals surface area contributed by atoms with Gasteiger partial charge in [0, 0.05) is 19.4 Å². The Labute approximate surface area is 146 Å². The summed E-state index contributed by atoms with van der Waals surface area (Å²) in [5, 5.41) is 14.6.